The zero-order valence-electron chi connectivity index (χ0n) is 10.8. The van der Waals surface area contributed by atoms with E-state index in [-0.39, 0.29) is 5.91 Å². The van der Waals surface area contributed by atoms with Gasteiger partial charge in [-0.1, -0.05) is 12.1 Å². The van der Waals surface area contributed by atoms with Gasteiger partial charge in [0.15, 0.2) is 0 Å². The molecular formula is C12H11N5O3S. The third kappa shape index (κ3) is 2.59. The molecule has 0 spiro atoms. The van der Waals surface area contributed by atoms with Crippen LogP contribution in [0, 0.1) is 0 Å². The fourth-order valence-corrected chi connectivity index (χ4v) is 3.20. The molecule has 1 amide bonds. The van der Waals surface area contributed by atoms with E-state index in [4.69, 9.17) is 5.11 Å². The van der Waals surface area contributed by atoms with Gasteiger partial charge in [0.05, 0.1) is 5.88 Å². The number of benzene rings is 1. The monoisotopic (exact) mass is 305 g/mol. The zero-order chi connectivity index (χ0) is 14.8. The Morgan fingerprint density at radius 1 is 1.33 bits per heavy atom. The quantitative estimate of drug-likeness (QED) is 0.847. The number of carboxylic acid groups (broad SMARTS) is 1. The van der Waals surface area contributed by atoms with Crippen LogP contribution in [0.1, 0.15) is 10.4 Å². The van der Waals surface area contributed by atoms with E-state index >= 15 is 0 Å². The Kier molecular flexibility index (Phi) is 3.57. The van der Waals surface area contributed by atoms with Gasteiger partial charge in [0, 0.05) is 16.9 Å². The maximum absolute atomic E-state index is 12.4. The van der Waals surface area contributed by atoms with Crippen LogP contribution in [0.4, 0.5) is 0 Å². The molecule has 108 valence electrons. The molecule has 1 aromatic carbocycles. The van der Waals surface area contributed by atoms with Crippen molar-refractivity contribution in [3.8, 4) is 11.4 Å². The molecule has 0 bridgehead atoms. The number of rotatable bonds is 3. The number of nitrogens with zero attached hydrogens (tertiary/aromatic N) is 4. The van der Waals surface area contributed by atoms with Crippen molar-refractivity contribution in [1.29, 1.82) is 0 Å². The minimum atomic E-state index is -0.975. The highest BCUT2D eigenvalue weighted by atomic mass is 32.2. The molecule has 1 saturated heterocycles. The summed E-state index contributed by atoms with van der Waals surface area (Å²) in [5, 5.41) is 22.6. The molecule has 0 saturated carbocycles. The SMILES string of the molecule is O=C(O)[C@@H]1CSCN1C(=O)c1ccc(-c2nn[nH]n2)cc1. The second kappa shape index (κ2) is 5.52. The number of thioether (sulfide) groups is 1. The lowest BCUT2D eigenvalue weighted by Crippen LogP contribution is -2.41. The molecule has 0 radical (unpaired) electrons. The first kappa shape index (κ1) is 13.6. The maximum atomic E-state index is 12.4. The minimum Gasteiger partial charge on any atom is -0.480 e. The van der Waals surface area contributed by atoms with E-state index in [0.29, 0.717) is 23.0 Å². The lowest BCUT2D eigenvalue weighted by Gasteiger charge is -2.20. The summed E-state index contributed by atoms with van der Waals surface area (Å²) in [7, 11) is 0. The molecule has 9 heteroatoms. The molecule has 0 unspecified atom stereocenters. The number of amides is 1. The van der Waals surface area contributed by atoms with Crippen molar-refractivity contribution in [1.82, 2.24) is 25.5 Å². The number of carbonyl (C=O) groups is 2. The molecule has 3 rings (SSSR count). The summed E-state index contributed by atoms with van der Waals surface area (Å²) in [6.07, 6.45) is 0. The Hall–Kier alpha value is -2.42. The number of hydrogen-bond acceptors (Lipinski definition) is 6. The average Bonchev–Trinajstić information content (AvgIpc) is 3.18. The van der Waals surface area contributed by atoms with Crippen molar-refractivity contribution in [2.75, 3.05) is 11.6 Å². The van der Waals surface area contributed by atoms with Crippen LogP contribution in [-0.4, -0.2) is 60.2 Å². The third-order valence-corrected chi connectivity index (χ3v) is 4.18. The van der Waals surface area contributed by atoms with Gasteiger partial charge >= 0.3 is 5.97 Å². The number of nitrogens with one attached hydrogen (secondary N) is 1. The highest BCUT2D eigenvalue weighted by Gasteiger charge is 2.34. The molecule has 8 nitrogen and oxygen atoms in total. The van der Waals surface area contributed by atoms with Crippen molar-refractivity contribution in [2.45, 2.75) is 6.04 Å². The van der Waals surface area contributed by atoms with Gasteiger partial charge < -0.3 is 10.0 Å². The number of carbonyl (C=O) groups excluding carboxylic acids is 1. The fourth-order valence-electron chi connectivity index (χ4n) is 2.06. The average molecular weight is 305 g/mol. The van der Waals surface area contributed by atoms with Crippen LogP contribution in [0.2, 0.25) is 0 Å². The highest BCUT2D eigenvalue weighted by Crippen LogP contribution is 2.24. The highest BCUT2D eigenvalue weighted by molar-refractivity contribution is 7.99. The van der Waals surface area contributed by atoms with Crippen molar-refractivity contribution in [3.05, 3.63) is 29.8 Å². The van der Waals surface area contributed by atoms with E-state index in [1.54, 1.807) is 24.3 Å². The van der Waals surface area contributed by atoms with Gasteiger partial charge in [0.1, 0.15) is 6.04 Å². The van der Waals surface area contributed by atoms with Crippen molar-refractivity contribution < 1.29 is 14.7 Å². The predicted molar refractivity (Wildman–Crippen MR) is 74.5 cm³/mol. The first-order valence-corrected chi connectivity index (χ1v) is 7.27. The van der Waals surface area contributed by atoms with Gasteiger partial charge in [-0.2, -0.15) is 5.21 Å². The second-order valence-electron chi connectivity index (χ2n) is 4.44. The van der Waals surface area contributed by atoms with Crippen LogP contribution < -0.4 is 0 Å². The summed E-state index contributed by atoms with van der Waals surface area (Å²) in [5.74, 6) is -0.0114. The van der Waals surface area contributed by atoms with Crippen LogP contribution in [-0.2, 0) is 4.79 Å². The van der Waals surface area contributed by atoms with Crippen molar-refractivity contribution in [2.24, 2.45) is 0 Å². The van der Waals surface area contributed by atoms with E-state index in [2.05, 4.69) is 20.6 Å². The number of tetrazole rings is 1. The first-order valence-electron chi connectivity index (χ1n) is 6.12. The third-order valence-electron chi connectivity index (χ3n) is 3.16. The van der Waals surface area contributed by atoms with Crippen molar-refractivity contribution >= 4 is 23.6 Å². The summed E-state index contributed by atoms with van der Waals surface area (Å²) in [5.41, 5.74) is 1.17. The number of H-pyrrole nitrogens is 1. The van der Waals surface area contributed by atoms with E-state index in [1.807, 2.05) is 0 Å². The first-order chi connectivity index (χ1) is 10.2. The Bertz CT molecular complexity index is 658. The summed E-state index contributed by atoms with van der Waals surface area (Å²) >= 11 is 1.43. The van der Waals surface area contributed by atoms with Gasteiger partial charge in [-0.25, -0.2) is 4.79 Å². The van der Waals surface area contributed by atoms with Crippen LogP contribution in [0.25, 0.3) is 11.4 Å². The summed E-state index contributed by atoms with van der Waals surface area (Å²) in [6.45, 7) is 0. The molecule has 21 heavy (non-hydrogen) atoms. The largest absolute Gasteiger partial charge is 0.480 e. The Morgan fingerprint density at radius 2 is 2.10 bits per heavy atom. The maximum Gasteiger partial charge on any atom is 0.327 e. The van der Waals surface area contributed by atoms with E-state index in [9.17, 15) is 9.59 Å². The van der Waals surface area contributed by atoms with Gasteiger partial charge in [-0.05, 0) is 17.3 Å². The minimum absolute atomic E-state index is 0.285. The molecule has 2 heterocycles. The molecule has 2 N–H and O–H groups in total. The molecule has 1 atom stereocenters. The number of aromatic nitrogens is 4. The number of hydrogen-bond donors (Lipinski definition) is 2. The summed E-state index contributed by atoms with van der Waals surface area (Å²) in [6, 6.07) is 5.92. The fraction of sp³-hybridized carbons (Fsp3) is 0.250. The molecule has 1 aliphatic heterocycles. The van der Waals surface area contributed by atoms with E-state index in [0.717, 1.165) is 5.56 Å². The van der Waals surface area contributed by atoms with E-state index < -0.39 is 12.0 Å². The molecule has 2 aromatic rings. The molecule has 1 aromatic heterocycles. The molecule has 1 aliphatic rings. The Labute approximate surface area is 123 Å². The molecule has 1 fully saturated rings. The summed E-state index contributed by atoms with van der Waals surface area (Å²) in [4.78, 5) is 24.9. The van der Waals surface area contributed by atoms with E-state index in [1.165, 1.54) is 16.7 Å². The van der Waals surface area contributed by atoms with Crippen LogP contribution >= 0.6 is 11.8 Å². The molecule has 0 aliphatic carbocycles. The van der Waals surface area contributed by atoms with Gasteiger partial charge in [-0.15, -0.1) is 22.0 Å². The second-order valence-corrected chi connectivity index (χ2v) is 5.44. The molecular weight excluding hydrogens is 294 g/mol. The lowest BCUT2D eigenvalue weighted by atomic mass is 10.1. The number of aliphatic carboxylic acids is 1. The normalized spacial score (nSPS) is 17.9. The standard InChI is InChI=1S/C12H11N5O3S/c18-11(17-6-21-5-9(17)12(19)20)8-3-1-7(2-4-8)10-13-15-16-14-10/h1-4,9H,5-6H2,(H,19,20)(H,13,14,15,16)/t9-/m0/s1. The van der Waals surface area contributed by atoms with Crippen LogP contribution in [0.15, 0.2) is 24.3 Å². The Morgan fingerprint density at radius 3 is 2.71 bits per heavy atom. The number of aromatic amines is 1. The Balaban J connectivity index is 1.80. The topological polar surface area (TPSA) is 112 Å². The van der Waals surface area contributed by atoms with Gasteiger partial charge in [-0.3, -0.25) is 4.79 Å². The van der Waals surface area contributed by atoms with Gasteiger partial charge in [0.25, 0.3) is 5.91 Å². The van der Waals surface area contributed by atoms with Crippen molar-refractivity contribution in [3.63, 3.8) is 0 Å². The smallest absolute Gasteiger partial charge is 0.327 e. The van der Waals surface area contributed by atoms with Crippen LogP contribution in [0.5, 0.6) is 0 Å². The lowest BCUT2D eigenvalue weighted by molar-refractivity contribution is -0.140. The zero-order valence-corrected chi connectivity index (χ0v) is 11.6. The number of carboxylic acids is 1. The van der Waals surface area contributed by atoms with Gasteiger partial charge in [0.2, 0.25) is 5.82 Å². The summed E-state index contributed by atoms with van der Waals surface area (Å²) < 4.78 is 0. The predicted octanol–water partition coefficient (Wildman–Crippen LogP) is 0.466. The van der Waals surface area contributed by atoms with Crippen LogP contribution in [0.3, 0.4) is 0 Å².